The van der Waals surface area contributed by atoms with E-state index in [0.717, 1.165) is 16.0 Å². The van der Waals surface area contributed by atoms with Crippen LogP contribution in [0.25, 0.3) is 0 Å². The summed E-state index contributed by atoms with van der Waals surface area (Å²) in [5.41, 5.74) is 2.57. The van der Waals surface area contributed by atoms with E-state index in [0.29, 0.717) is 17.2 Å². The summed E-state index contributed by atoms with van der Waals surface area (Å²) in [6.45, 7) is 2.58. The second-order valence-electron chi connectivity index (χ2n) is 8.29. The van der Waals surface area contributed by atoms with Gasteiger partial charge in [0, 0.05) is 38.8 Å². The molecular weight excluding hydrogens is 437 g/mol. The zero-order valence-electron chi connectivity index (χ0n) is 18.3. The number of para-hydroxylation sites is 1. The topological polar surface area (TPSA) is 79.6 Å². The van der Waals surface area contributed by atoms with Crippen LogP contribution in [0, 0.1) is 0 Å². The van der Waals surface area contributed by atoms with Gasteiger partial charge in [-0.3, -0.25) is 4.79 Å². The summed E-state index contributed by atoms with van der Waals surface area (Å²) in [4.78, 5) is 21.8. The predicted molar refractivity (Wildman–Crippen MR) is 116 cm³/mol. The normalized spacial score (nSPS) is 22.1. The van der Waals surface area contributed by atoms with Gasteiger partial charge < -0.3 is 24.9 Å². The fourth-order valence-corrected chi connectivity index (χ4v) is 4.23. The molecule has 1 fully saturated rings. The molecule has 0 radical (unpaired) electrons. The van der Waals surface area contributed by atoms with Crippen molar-refractivity contribution in [3.05, 3.63) is 65.0 Å². The molecule has 2 unspecified atom stereocenters. The van der Waals surface area contributed by atoms with E-state index in [4.69, 9.17) is 4.99 Å². The maximum atomic E-state index is 12.7. The van der Waals surface area contributed by atoms with Gasteiger partial charge in [0.2, 0.25) is 6.10 Å². The number of halogens is 3. The van der Waals surface area contributed by atoms with Gasteiger partial charge in [0.05, 0.1) is 11.6 Å². The van der Waals surface area contributed by atoms with Crippen molar-refractivity contribution in [3.63, 3.8) is 0 Å². The number of aliphatic hydroxyl groups excluding tert-OH is 1. The van der Waals surface area contributed by atoms with Crippen molar-refractivity contribution in [1.82, 2.24) is 14.7 Å². The lowest BCUT2D eigenvalue weighted by Gasteiger charge is -2.42. The quantitative estimate of drug-likeness (QED) is 0.721. The lowest BCUT2D eigenvalue weighted by Crippen LogP contribution is -2.54. The van der Waals surface area contributed by atoms with Crippen molar-refractivity contribution in [2.24, 2.45) is 4.99 Å². The molecule has 2 aliphatic heterocycles. The molecule has 0 aromatic heterocycles. The standard InChI is InChI=1S/C23H25F3N4O3/c1-14-7-8-15-17(13-14)28(2)20(16-5-3-4-6-18(16)31)27-21(15)29-9-11-30(12-10-29)22(33)19(32)23(24,25)26/h3-8,13,17,19,31-32H,9-12H2,1-2H3. The van der Waals surface area contributed by atoms with Crippen LogP contribution >= 0.6 is 0 Å². The Morgan fingerprint density at radius 3 is 2.45 bits per heavy atom. The number of aliphatic imine (C=N–C) groups is 1. The molecule has 1 amide bonds. The van der Waals surface area contributed by atoms with E-state index in [-0.39, 0.29) is 38.0 Å². The van der Waals surface area contributed by atoms with E-state index >= 15 is 0 Å². The Morgan fingerprint density at radius 2 is 1.82 bits per heavy atom. The summed E-state index contributed by atoms with van der Waals surface area (Å²) in [5, 5.41) is 19.7. The van der Waals surface area contributed by atoms with Gasteiger partial charge in [-0.15, -0.1) is 0 Å². The first-order valence-corrected chi connectivity index (χ1v) is 10.6. The Kier molecular flexibility index (Phi) is 5.96. The molecule has 1 saturated heterocycles. The molecule has 1 aliphatic carbocycles. The number of phenolic OH excluding ortho intramolecular Hbond substituents is 1. The molecular formula is C23H25F3N4O3. The van der Waals surface area contributed by atoms with Gasteiger partial charge in [0.15, 0.2) is 0 Å². The lowest BCUT2D eigenvalue weighted by atomic mass is 9.94. The first kappa shape index (κ1) is 22.9. The monoisotopic (exact) mass is 462 g/mol. The summed E-state index contributed by atoms with van der Waals surface area (Å²) >= 11 is 0. The molecule has 2 heterocycles. The number of phenols is 1. The van der Waals surface area contributed by atoms with Crippen LogP contribution in [0.1, 0.15) is 12.5 Å². The third kappa shape index (κ3) is 4.35. The van der Waals surface area contributed by atoms with Crippen LogP contribution in [0.4, 0.5) is 13.2 Å². The number of hydrogen-bond acceptors (Lipinski definition) is 6. The number of piperazine rings is 1. The third-order valence-electron chi connectivity index (χ3n) is 6.07. The average Bonchev–Trinajstić information content (AvgIpc) is 2.79. The highest BCUT2D eigenvalue weighted by atomic mass is 19.4. The molecule has 4 rings (SSSR count). The Morgan fingerprint density at radius 1 is 1.15 bits per heavy atom. The lowest BCUT2D eigenvalue weighted by molar-refractivity contribution is -0.211. The largest absolute Gasteiger partial charge is 0.507 e. The van der Waals surface area contributed by atoms with E-state index in [9.17, 15) is 28.2 Å². The number of likely N-dealkylation sites (N-methyl/N-ethyl adjacent to an activating group) is 1. The second kappa shape index (κ2) is 8.58. The third-order valence-corrected chi connectivity index (χ3v) is 6.07. The van der Waals surface area contributed by atoms with Crippen molar-refractivity contribution >= 4 is 11.7 Å². The highest BCUT2D eigenvalue weighted by molar-refractivity contribution is 6.02. The zero-order valence-corrected chi connectivity index (χ0v) is 18.3. The average molecular weight is 462 g/mol. The minimum atomic E-state index is -4.99. The molecule has 1 aromatic carbocycles. The van der Waals surface area contributed by atoms with Crippen LogP contribution in [-0.4, -0.2) is 88.2 Å². The highest BCUT2D eigenvalue weighted by Gasteiger charge is 2.46. The SMILES string of the molecule is CC1=CC2C(=C(N3CCN(C(=O)C(O)C(F)(F)F)CC3)N=C(c3ccccc3O)N2C)C=C1. The summed E-state index contributed by atoms with van der Waals surface area (Å²) in [7, 11) is 1.89. The van der Waals surface area contributed by atoms with Gasteiger partial charge >= 0.3 is 6.18 Å². The smallest absolute Gasteiger partial charge is 0.423 e. The predicted octanol–water partition coefficient (Wildman–Crippen LogP) is 2.25. The van der Waals surface area contributed by atoms with Gasteiger partial charge in [-0.1, -0.05) is 35.9 Å². The van der Waals surface area contributed by atoms with E-state index in [1.54, 1.807) is 18.2 Å². The molecule has 10 heteroatoms. The number of carbonyl (C=O) groups is 1. The Balaban J connectivity index is 1.63. The number of amides is 1. The van der Waals surface area contributed by atoms with Crippen molar-refractivity contribution in [2.45, 2.75) is 25.2 Å². The Labute approximate surface area is 189 Å². The number of carbonyl (C=O) groups excluding carboxylic acids is 1. The minimum Gasteiger partial charge on any atom is -0.507 e. The summed E-state index contributed by atoms with van der Waals surface area (Å²) in [5.74, 6) is -0.0212. The van der Waals surface area contributed by atoms with Crippen molar-refractivity contribution in [3.8, 4) is 5.75 Å². The van der Waals surface area contributed by atoms with Crippen LogP contribution in [0.3, 0.4) is 0 Å². The number of aromatic hydroxyl groups is 1. The van der Waals surface area contributed by atoms with E-state index in [1.807, 2.05) is 42.0 Å². The Hall–Kier alpha value is -3.27. The van der Waals surface area contributed by atoms with Gasteiger partial charge in [0.1, 0.15) is 17.4 Å². The van der Waals surface area contributed by atoms with Crippen LogP contribution in [0.15, 0.2) is 64.5 Å². The first-order chi connectivity index (χ1) is 15.6. The minimum absolute atomic E-state index is 0.0310. The zero-order chi connectivity index (χ0) is 23.9. The van der Waals surface area contributed by atoms with E-state index in [2.05, 4.69) is 6.08 Å². The maximum Gasteiger partial charge on any atom is 0.423 e. The van der Waals surface area contributed by atoms with Crippen molar-refractivity contribution in [1.29, 1.82) is 0 Å². The van der Waals surface area contributed by atoms with Crippen LogP contribution in [-0.2, 0) is 4.79 Å². The van der Waals surface area contributed by atoms with Crippen LogP contribution in [0.5, 0.6) is 5.75 Å². The molecule has 0 saturated carbocycles. The first-order valence-electron chi connectivity index (χ1n) is 10.6. The molecule has 0 bridgehead atoms. The van der Waals surface area contributed by atoms with Crippen molar-refractivity contribution < 1.29 is 28.2 Å². The number of nitrogens with zero attached hydrogens (tertiary/aromatic N) is 4. The summed E-state index contributed by atoms with van der Waals surface area (Å²) < 4.78 is 38.2. The molecule has 7 nitrogen and oxygen atoms in total. The maximum absolute atomic E-state index is 12.7. The number of fused-ring (bicyclic) bond motifs is 1. The van der Waals surface area contributed by atoms with E-state index in [1.165, 1.54) is 0 Å². The summed E-state index contributed by atoms with van der Waals surface area (Å²) in [6, 6.07) is 6.76. The highest BCUT2D eigenvalue weighted by Crippen LogP contribution is 2.33. The molecule has 33 heavy (non-hydrogen) atoms. The molecule has 1 aromatic rings. The van der Waals surface area contributed by atoms with Gasteiger partial charge in [-0.25, -0.2) is 4.99 Å². The van der Waals surface area contributed by atoms with E-state index < -0.39 is 18.2 Å². The number of alkyl halides is 3. The molecule has 2 atom stereocenters. The number of amidine groups is 1. The number of hydrogen-bond donors (Lipinski definition) is 2. The van der Waals surface area contributed by atoms with Gasteiger partial charge in [0.25, 0.3) is 5.91 Å². The number of aliphatic hydroxyl groups is 1. The van der Waals surface area contributed by atoms with Gasteiger partial charge in [-0.2, -0.15) is 13.2 Å². The fraction of sp³-hybridized carbons (Fsp3) is 0.391. The molecule has 3 aliphatic rings. The Bertz CT molecular complexity index is 1070. The van der Waals surface area contributed by atoms with Gasteiger partial charge in [-0.05, 0) is 19.1 Å². The number of benzene rings is 1. The fourth-order valence-electron chi connectivity index (χ4n) is 4.23. The summed E-state index contributed by atoms with van der Waals surface area (Å²) in [6.07, 6.45) is -1.97. The second-order valence-corrected chi connectivity index (χ2v) is 8.29. The number of allylic oxidation sites excluding steroid dienone is 2. The van der Waals surface area contributed by atoms with Crippen LogP contribution < -0.4 is 0 Å². The molecule has 2 N–H and O–H groups in total. The molecule has 0 spiro atoms. The number of rotatable bonds is 3. The van der Waals surface area contributed by atoms with Crippen LogP contribution in [0.2, 0.25) is 0 Å². The van der Waals surface area contributed by atoms with Crippen molar-refractivity contribution in [2.75, 3.05) is 33.2 Å². The molecule has 176 valence electrons.